The topological polar surface area (TPSA) is 103 Å². The fraction of sp³-hybridized carbons (Fsp3) is 0.357. The average molecular weight is 489 g/mol. The lowest BCUT2D eigenvalue weighted by Gasteiger charge is -2.32. The van der Waals surface area contributed by atoms with Crippen LogP contribution in [0.5, 0.6) is 0 Å². The summed E-state index contributed by atoms with van der Waals surface area (Å²) in [4.78, 5) is 27.3. The predicted molar refractivity (Wildman–Crippen MR) is 140 cm³/mol. The molecule has 1 aliphatic rings. The van der Waals surface area contributed by atoms with Crippen LogP contribution in [0, 0.1) is 0 Å². The maximum absolute atomic E-state index is 12.9. The van der Waals surface area contributed by atoms with Gasteiger partial charge in [-0.15, -0.1) is 0 Å². The van der Waals surface area contributed by atoms with Crippen LogP contribution < -0.4 is 16.6 Å². The molecule has 8 heteroatoms. The van der Waals surface area contributed by atoms with Crippen molar-refractivity contribution < 1.29 is 13.9 Å². The second-order valence-corrected chi connectivity index (χ2v) is 9.49. The lowest BCUT2D eigenvalue weighted by molar-refractivity contribution is 0.100. The van der Waals surface area contributed by atoms with Gasteiger partial charge in [-0.05, 0) is 61.3 Å². The molecule has 0 bridgehead atoms. The number of nitrogens with two attached hydrogens (primary N) is 1. The summed E-state index contributed by atoms with van der Waals surface area (Å²) in [6, 6.07) is 15.8. The summed E-state index contributed by atoms with van der Waals surface area (Å²) in [5.74, 6) is -0.594. The number of rotatable bonds is 9. The van der Waals surface area contributed by atoms with E-state index in [0.717, 1.165) is 61.1 Å². The quantitative estimate of drug-likeness (QED) is 0.375. The number of primary amides is 1. The smallest absolute Gasteiger partial charge is 0.251 e. The number of piperidine rings is 1. The number of fused-ring (bicyclic) bond motifs is 2. The molecule has 1 saturated heterocycles. The zero-order valence-corrected chi connectivity index (χ0v) is 20.5. The molecular weight excluding hydrogens is 456 g/mol. The van der Waals surface area contributed by atoms with Crippen LogP contribution in [0.4, 0.5) is 0 Å². The first-order chi connectivity index (χ1) is 17.5. The van der Waals surface area contributed by atoms with Gasteiger partial charge in [0.1, 0.15) is 5.58 Å². The fourth-order valence-corrected chi connectivity index (χ4v) is 5.11. The number of carbonyl (C=O) groups is 1. The number of pyridine rings is 1. The third kappa shape index (κ3) is 5.21. The van der Waals surface area contributed by atoms with Gasteiger partial charge in [-0.2, -0.15) is 0 Å². The Morgan fingerprint density at radius 3 is 2.67 bits per heavy atom. The summed E-state index contributed by atoms with van der Waals surface area (Å²) >= 11 is 0. The minimum atomic E-state index is -0.594. The van der Waals surface area contributed by atoms with E-state index in [1.54, 1.807) is 17.9 Å². The Labute approximate surface area is 209 Å². The number of nitrogens with zero attached hydrogens (tertiary/aromatic N) is 2. The van der Waals surface area contributed by atoms with Crippen LogP contribution in [0.2, 0.25) is 0 Å². The molecule has 0 unspecified atom stereocenters. The summed E-state index contributed by atoms with van der Waals surface area (Å²) < 4.78 is 12.4. The van der Waals surface area contributed by atoms with Crippen LogP contribution in [0.1, 0.15) is 34.3 Å². The second kappa shape index (κ2) is 10.7. The van der Waals surface area contributed by atoms with Crippen molar-refractivity contribution >= 4 is 27.8 Å². The molecule has 1 fully saturated rings. The highest BCUT2D eigenvalue weighted by Gasteiger charge is 2.20. The van der Waals surface area contributed by atoms with E-state index in [-0.39, 0.29) is 11.1 Å². The van der Waals surface area contributed by atoms with Crippen LogP contribution in [-0.4, -0.2) is 48.2 Å². The molecule has 0 radical (unpaired) electrons. The highest BCUT2D eigenvalue weighted by Crippen LogP contribution is 2.21. The van der Waals surface area contributed by atoms with Gasteiger partial charge in [-0.3, -0.25) is 9.59 Å². The fourth-order valence-electron chi connectivity index (χ4n) is 5.11. The van der Waals surface area contributed by atoms with E-state index in [4.69, 9.17) is 14.9 Å². The predicted octanol–water partition coefficient (Wildman–Crippen LogP) is 3.25. The molecule has 1 amide bonds. The Balaban J connectivity index is 1.21. The van der Waals surface area contributed by atoms with Crippen LogP contribution in [0.3, 0.4) is 0 Å². The molecule has 2 aromatic heterocycles. The largest absolute Gasteiger partial charge is 0.464 e. The molecule has 188 valence electrons. The second-order valence-electron chi connectivity index (χ2n) is 9.49. The number of likely N-dealkylation sites (tertiary alicyclic amines) is 1. The highest BCUT2D eigenvalue weighted by atomic mass is 16.5. The summed E-state index contributed by atoms with van der Waals surface area (Å²) in [6.45, 7) is 4.53. The molecular formula is C28H32N4O4. The Hall–Kier alpha value is -3.46. The summed E-state index contributed by atoms with van der Waals surface area (Å²) in [5.41, 5.74) is 9.43. The first-order valence-corrected chi connectivity index (χ1v) is 12.4. The third-order valence-corrected chi connectivity index (χ3v) is 7.09. The van der Waals surface area contributed by atoms with E-state index in [2.05, 4.69) is 22.3 Å². The number of furan rings is 1. The normalized spacial score (nSPS) is 15.1. The van der Waals surface area contributed by atoms with Gasteiger partial charge in [0.2, 0.25) is 5.91 Å². The first kappa shape index (κ1) is 24.2. The Kier molecular flexibility index (Phi) is 7.18. The zero-order chi connectivity index (χ0) is 25.1. The number of carbonyl (C=O) groups excluding carboxylic acids is 1. The summed E-state index contributed by atoms with van der Waals surface area (Å²) in [5, 5.41) is 5.51. The van der Waals surface area contributed by atoms with Gasteiger partial charge in [-0.1, -0.05) is 18.2 Å². The molecule has 2 aromatic carbocycles. The SMILES string of the molecule is COCc1ccc2c(C(N)=O)cc(=O)n(CCN3CCC(NCc4ccc5occc5c4)CC3)c2c1. The van der Waals surface area contributed by atoms with Gasteiger partial charge in [-0.25, -0.2) is 0 Å². The summed E-state index contributed by atoms with van der Waals surface area (Å²) in [7, 11) is 1.63. The lowest BCUT2D eigenvalue weighted by Crippen LogP contribution is -2.43. The molecule has 4 aromatic rings. The first-order valence-electron chi connectivity index (χ1n) is 12.4. The Bertz CT molecular complexity index is 1430. The van der Waals surface area contributed by atoms with E-state index in [1.165, 1.54) is 11.6 Å². The molecule has 0 aliphatic carbocycles. The van der Waals surface area contributed by atoms with Crippen molar-refractivity contribution in [1.82, 2.24) is 14.8 Å². The number of ether oxygens (including phenoxy) is 1. The van der Waals surface area contributed by atoms with Crippen molar-refractivity contribution in [1.29, 1.82) is 0 Å². The van der Waals surface area contributed by atoms with Gasteiger partial charge in [0.15, 0.2) is 0 Å². The molecule has 36 heavy (non-hydrogen) atoms. The monoisotopic (exact) mass is 488 g/mol. The molecule has 0 saturated carbocycles. The number of hydrogen-bond acceptors (Lipinski definition) is 6. The minimum absolute atomic E-state index is 0.211. The van der Waals surface area contributed by atoms with E-state index in [1.807, 2.05) is 30.3 Å². The van der Waals surface area contributed by atoms with Crippen molar-refractivity contribution in [2.45, 2.75) is 38.6 Å². The van der Waals surface area contributed by atoms with Gasteiger partial charge in [0.05, 0.1) is 24.0 Å². The Morgan fingerprint density at radius 1 is 1.08 bits per heavy atom. The third-order valence-electron chi connectivity index (χ3n) is 7.09. The minimum Gasteiger partial charge on any atom is -0.464 e. The van der Waals surface area contributed by atoms with E-state index >= 15 is 0 Å². The number of aromatic nitrogens is 1. The molecule has 3 heterocycles. The van der Waals surface area contributed by atoms with Gasteiger partial charge >= 0.3 is 0 Å². The average Bonchev–Trinajstić information content (AvgIpc) is 3.35. The van der Waals surface area contributed by atoms with Crippen molar-refractivity contribution in [2.24, 2.45) is 5.73 Å². The van der Waals surface area contributed by atoms with Gasteiger partial charge in [0.25, 0.3) is 5.56 Å². The molecule has 1 aliphatic heterocycles. The lowest BCUT2D eigenvalue weighted by atomic mass is 10.0. The van der Waals surface area contributed by atoms with Crippen molar-refractivity contribution in [2.75, 3.05) is 26.7 Å². The number of nitrogens with one attached hydrogen (secondary N) is 1. The van der Waals surface area contributed by atoms with E-state index in [0.29, 0.717) is 24.6 Å². The number of amides is 1. The highest BCUT2D eigenvalue weighted by molar-refractivity contribution is 6.05. The Morgan fingerprint density at radius 2 is 1.89 bits per heavy atom. The standard InChI is InChI=1S/C28H32N4O4/c1-35-18-20-2-4-23-24(28(29)34)16-27(33)32(25(23)15-20)12-11-31-9-6-22(7-10-31)30-17-19-3-5-26-21(14-19)8-13-36-26/h2-5,8,13-16,22,30H,6-7,9-12,17-18H2,1H3,(H2,29,34). The van der Waals surface area contributed by atoms with Crippen LogP contribution in [-0.2, 0) is 24.4 Å². The van der Waals surface area contributed by atoms with Crippen LogP contribution >= 0.6 is 0 Å². The van der Waals surface area contributed by atoms with E-state index in [9.17, 15) is 9.59 Å². The molecule has 0 atom stereocenters. The van der Waals surface area contributed by atoms with Crippen LogP contribution in [0.15, 0.2) is 64.0 Å². The van der Waals surface area contributed by atoms with Crippen LogP contribution in [0.25, 0.3) is 21.9 Å². The maximum Gasteiger partial charge on any atom is 0.251 e. The number of hydrogen-bond donors (Lipinski definition) is 2. The molecule has 0 spiro atoms. The van der Waals surface area contributed by atoms with E-state index < -0.39 is 5.91 Å². The molecule has 5 rings (SSSR count). The number of methoxy groups -OCH3 is 1. The number of benzene rings is 2. The van der Waals surface area contributed by atoms with Crippen molar-refractivity contribution in [3.8, 4) is 0 Å². The van der Waals surface area contributed by atoms with Crippen molar-refractivity contribution in [3.63, 3.8) is 0 Å². The van der Waals surface area contributed by atoms with Crippen molar-refractivity contribution in [3.05, 3.63) is 81.8 Å². The van der Waals surface area contributed by atoms with Gasteiger partial charge in [0, 0.05) is 49.6 Å². The van der Waals surface area contributed by atoms with Gasteiger partial charge < -0.3 is 29.7 Å². The molecule has 8 nitrogen and oxygen atoms in total. The zero-order valence-electron chi connectivity index (χ0n) is 20.5. The summed E-state index contributed by atoms with van der Waals surface area (Å²) in [6.07, 6.45) is 3.84. The molecule has 3 N–H and O–H groups in total. The maximum atomic E-state index is 12.9.